The smallest absolute Gasteiger partial charge is 0.221 e. The molecule has 0 atom stereocenters. The Bertz CT molecular complexity index is 223. The highest BCUT2D eigenvalue weighted by atomic mass is 16.1. The van der Waals surface area contributed by atoms with Gasteiger partial charge in [0, 0.05) is 32.1 Å². The van der Waals surface area contributed by atoms with Crippen molar-refractivity contribution in [3.63, 3.8) is 0 Å². The first kappa shape index (κ1) is 15.4. The van der Waals surface area contributed by atoms with E-state index in [0.29, 0.717) is 12.5 Å². The van der Waals surface area contributed by atoms with Gasteiger partial charge in [-0.05, 0) is 26.9 Å². The fourth-order valence-electron chi connectivity index (χ4n) is 2.38. The Kier molecular flexibility index (Phi) is 8.01. The van der Waals surface area contributed by atoms with Crippen LogP contribution in [0.25, 0.3) is 0 Å². The van der Waals surface area contributed by atoms with Crippen LogP contribution in [0.2, 0.25) is 0 Å². The summed E-state index contributed by atoms with van der Waals surface area (Å²) in [6, 6.07) is 0.672. The summed E-state index contributed by atoms with van der Waals surface area (Å²) in [5, 5.41) is 6.52. The SMILES string of the molecule is CN(C)CCC(=O)NCCNC1CCCCCC1. The number of nitrogens with zero attached hydrogens (tertiary/aromatic N) is 1. The van der Waals surface area contributed by atoms with E-state index < -0.39 is 0 Å². The molecule has 4 nitrogen and oxygen atoms in total. The van der Waals surface area contributed by atoms with Crippen LogP contribution in [-0.2, 0) is 4.79 Å². The summed E-state index contributed by atoms with van der Waals surface area (Å²) in [5.41, 5.74) is 0. The predicted molar refractivity (Wildman–Crippen MR) is 75.7 cm³/mol. The lowest BCUT2D eigenvalue weighted by Gasteiger charge is -2.16. The van der Waals surface area contributed by atoms with E-state index in [1.165, 1.54) is 38.5 Å². The number of hydrogen-bond donors (Lipinski definition) is 2. The van der Waals surface area contributed by atoms with Crippen molar-refractivity contribution in [3.05, 3.63) is 0 Å². The highest BCUT2D eigenvalue weighted by molar-refractivity contribution is 5.76. The molecule has 1 amide bonds. The molecule has 0 aromatic rings. The van der Waals surface area contributed by atoms with Gasteiger partial charge in [0.25, 0.3) is 0 Å². The lowest BCUT2D eigenvalue weighted by Crippen LogP contribution is -2.37. The van der Waals surface area contributed by atoms with Crippen LogP contribution in [0.5, 0.6) is 0 Å². The van der Waals surface area contributed by atoms with Gasteiger partial charge in [0.15, 0.2) is 0 Å². The minimum absolute atomic E-state index is 0.159. The van der Waals surface area contributed by atoms with E-state index in [0.717, 1.165) is 19.6 Å². The van der Waals surface area contributed by atoms with Crippen molar-refractivity contribution in [2.75, 3.05) is 33.7 Å². The van der Waals surface area contributed by atoms with Gasteiger partial charge in [-0.3, -0.25) is 4.79 Å². The molecule has 2 N–H and O–H groups in total. The first-order valence-electron chi connectivity index (χ1n) is 7.33. The van der Waals surface area contributed by atoms with Crippen LogP contribution in [0.1, 0.15) is 44.9 Å². The Morgan fingerprint density at radius 3 is 2.39 bits per heavy atom. The first-order valence-corrected chi connectivity index (χ1v) is 7.33. The van der Waals surface area contributed by atoms with E-state index in [2.05, 4.69) is 10.6 Å². The fraction of sp³-hybridized carbons (Fsp3) is 0.929. The average Bonchev–Trinajstić information content (AvgIpc) is 2.60. The van der Waals surface area contributed by atoms with E-state index in [1.54, 1.807) is 0 Å². The highest BCUT2D eigenvalue weighted by Gasteiger charge is 2.10. The molecule has 0 bridgehead atoms. The van der Waals surface area contributed by atoms with E-state index in [9.17, 15) is 4.79 Å². The molecule has 18 heavy (non-hydrogen) atoms. The summed E-state index contributed by atoms with van der Waals surface area (Å²) in [6.07, 6.45) is 8.68. The molecule has 0 saturated heterocycles. The third-order valence-corrected chi connectivity index (χ3v) is 3.52. The predicted octanol–water partition coefficient (Wildman–Crippen LogP) is 1.37. The van der Waals surface area contributed by atoms with Gasteiger partial charge < -0.3 is 15.5 Å². The van der Waals surface area contributed by atoms with E-state index in [1.807, 2.05) is 19.0 Å². The number of nitrogens with one attached hydrogen (secondary N) is 2. The summed E-state index contributed by atoms with van der Waals surface area (Å²) < 4.78 is 0. The quantitative estimate of drug-likeness (QED) is 0.533. The second-order valence-corrected chi connectivity index (χ2v) is 5.55. The normalized spacial score (nSPS) is 17.7. The number of rotatable bonds is 7. The number of hydrogen-bond acceptors (Lipinski definition) is 3. The summed E-state index contributed by atoms with van der Waals surface area (Å²) in [4.78, 5) is 13.5. The largest absolute Gasteiger partial charge is 0.355 e. The molecule has 0 aliphatic heterocycles. The van der Waals surface area contributed by atoms with Crippen LogP contribution in [0.3, 0.4) is 0 Å². The maximum absolute atomic E-state index is 11.5. The zero-order chi connectivity index (χ0) is 13.2. The second kappa shape index (κ2) is 9.34. The lowest BCUT2D eigenvalue weighted by molar-refractivity contribution is -0.121. The van der Waals surface area contributed by atoms with Gasteiger partial charge in [0.1, 0.15) is 0 Å². The van der Waals surface area contributed by atoms with Gasteiger partial charge in [-0.1, -0.05) is 25.7 Å². The molecule has 1 saturated carbocycles. The number of amides is 1. The van der Waals surface area contributed by atoms with Crippen molar-refractivity contribution in [2.45, 2.75) is 51.0 Å². The van der Waals surface area contributed by atoms with Gasteiger partial charge in [0.2, 0.25) is 5.91 Å². The molecule has 1 aliphatic carbocycles. The minimum Gasteiger partial charge on any atom is -0.355 e. The molecule has 4 heteroatoms. The molecule has 1 fully saturated rings. The average molecular weight is 255 g/mol. The monoisotopic (exact) mass is 255 g/mol. The van der Waals surface area contributed by atoms with Crippen molar-refractivity contribution >= 4 is 5.91 Å². The zero-order valence-electron chi connectivity index (χ0n) is 12.0. The van der Waals surface area contributed by atoms with E-state index in [-0.39, 0.29) is 5.91 Å². The third-order valence-electron chi connectivity index (χ3n) is 3.52. The van der Waals surface area contributed by atoms with E-state index in [4.69, 9.17) is 0 Å². The molecule has 1 aliphatic rings. The molecule has 1 rings (SSSR count). The Balaban J connectivity index is 1.98. The van der Waals surface area contributed by atoms with Crippen molar-refractivity contribution < 1.29 is 4.79 Å². The van der Waals surface area contributed by atoms with Gasteiger partial charge in [0.05, 0.1) is 0 Å². The standard InChI is InChI=1S/C14H29N3O/c1-17(2)12-9-14(18)16-11-10-15-13-7-5-3-4-6-8-13/h13,15H,3-12H2,1-2H3,(H,16,18). The molecule has 0 heterocycles. The van der Waals surface area contributed by atoms with Crippen molar-refractivity contribution in [1.82, 2.24) is 15.5 Å². The van der Waals surface area contributed by atoms with Crippen molar-refractivity contribution in [1.29, 1.82) is 0 Å². The van der Waals surface area contributed by atoms with Crippen LogP contribution in [0.15, 0.2) is 0 Å². The first-order chi connectivity index (χ1) is 8.68. The molecule has 0 unspecified atom stereocenters. The van der Waals surface area contributed by atoms with Gasteiger partial charge in [-0.2, -0.15) is 0 Å². The lowest BCUT2D eigenvalue weighted by atomic mass is 10.1. The maximum atomic E-state index is 11.5. The van der Waals surface area contributed by atoms with Crippen LogP contribution in [0, 0.1) is 0 Å². The van der Waals surface area contributed by atoms with Crippen molar-refractivity contribution in [2.24, 2.45) is 0 Å². The summed E-state index contributed by atoms with van der Waals surface area (Å²) in [7, 11) is 3.97. The third kappa shape index (κ3) is 7.67. The topological polar surface area (TPSA) is 44.4 Å². The summed E-state index contributed by atoms with van der Waals surface area (Å²) in [5.74, 6) is 0.159. The molecule has 0 aromatic heterocycles. The Labute approximate surface area is 111 Å². The molecular formula is C14H29N3O. The zero-order valence-corrected chi connectivity index (χ0v) is 12.0. The van der Waals surface area contributed by atoms with Crippen LogP contribution in [0.4, 0.5) is 0 Å². The van der Waals surface area contributed by atoms with Gasteiger partial charge in [-0.15, -0.1) is 0 Å². The number of carbonyl (C=O) groups is 1. The van der Waals surface area contributed by atoms with E-state index >= 15 is 0 Å². The Morgan fingerprint density at radius 1 is 1.11 bits per heavy atom. The Morgan fingerprint density at radius 2 is 1.78 bits per heavy atom. The highest BCUT2D eigenvalue weighted by Crippen LogP contribution is 2.16. The molecule has 0 radical (unpaired) electrons. The van der Waals surface area contributed by atoms with Gasteiger partial charge in [-0.25, -0.2) is 0 Å². The fourth-order valence-corrected chi connectivity index (χ4v) is 2.38. The number of carbonyl (C=O) groups excluding carboxylic acids is 1. The molecular weight excluding hydrogens is 226 g/mol. The van der Waals surface area contributed by atoms with Crippen LogP contribution in [-0.4, -0.2) is 50.6 Å². The minimum atomic E-state index is 0.159. The van der Waals surface area contributed by atoms with Crippen LogP contribution < -0.4 is 10.6 Å². The van der Waals surface area contributed by atoms with Gasteiger partial charge >= 0.3 is 0 Å². The van der Waals surface area contributed by atoms with Crippen LogP contribution >= 0.6 is 0 Å². The maximum Gasteiger partial charge on any atom is 0.221 e. The molecule has 0 spiro atoms. The molecule has 0 aromatic carbocycles. The van der Waals surface area contributed by atoms with Crippen molar-refractivity contribution in [3.8, 4) is 0 Å². The Hall–Kier alpha value is -0.610. The summed E-state index contributed by atoms with van der Waals surface area (Å²) >= 11 is 0. The molecule has 106 valence electrons. The summed E-state index contributed by atoms with van der Waals surface area (Å²) in [6.45, 7) is 2.48. The second-order valence-electron chi connectivity index (χ2n) is 5.55.